The summed E-state index contributed by atoms with van der Waals surface area (Å²) in [6.45, 7) is 2.67. The fourth-order valence-corrected chi connectivity index (χ4v) is 4.05. The van der Waals surface area contributed by atoms with Gasteiger partial charge in [-0.15, -0.1) is 11.8 Å². The topological polar surface area (TPSA) is 46.4 Å². The van der Waals surface area contributed by atoms with Crippen molar-refractivity contribution < 1.29 is 9.18 Å². The Morgan fingerprint density at radius 2 is 2.00 bits per heavy atom. The van der Waals surface area contributed by atoms with Gasteiger partial charge in [-0.25, -0.2) is 9.37 Å². The minimum Gasteiger partial charge on any atom is -0.354 e. The van der Waals surface area contributed by atoms with Gasteiger partial charge in [-0.1, -0.05) is 18.2 Å². The zero-order valence-electron chi connectivity index (χ0n) is 15.2. The fourth-order valence-electron chi connectivity index (χ4n) is 3.31. The highest BCUT2D eigenvalue weighted by molar-refractivity contribution is 7.99. The Balaban J connectivity index is 1.25. The molecule has 1 saturated carbocycles. The van der Waals surface area contributed by atoms with E-state index < -0.39 is 0 Å². The maximum absolute atomic E-state index is 13.1. The van der Waals surface area contributed by atoms with E-state index in [1.165, 1.54) is 17.7 Å². The van der Waals surface area contributed by atoms with Crippen LogP contribution >= 0.6 is 11.8 Å². The Kier molecular flexibility index (Phi) is 4.91. The first kappa shape index (κ1) is 18.0. The predicted octanol–water partition coefficient (Wildman–Crippen LogP) is 3.86. The molecule has 0 unspecified atom stereocenters. The standard InChI is InChI=1S/C21H22FN3OS/c1-15-2-7-19-24-18(11-25(19)10-15)12-27-13-20(26)23-14-21(8-9-21)16-3-5-17(22)6-4-16/h2-7,10-11H,8-9,12-14H2,1H3,(H,23,26). The minimum absolute atomic E-state index is 0.00646. The van der Waals surface area contributed by atoms with E-state index in [-0.39, 0.29) is 17.1 Å². The van der Waals surface area contributed by atoms with Crippen molar-refractivity contribution in [2.24, 2.45) is 0 Å². The molecular weight excluding hydrogens is 361 g/mol. The van der Waals surface area contributed by atoms with Gasteiger partial charge in [0, 0.05) is 30.1 Å². The Morgan fingerprint density at radius 1 is 1.22 bits per heavy atom. The van der Waals surface area contributed by atoms with Crippen LogP contribution in [-0.2, 0) is 16.0 Å². The highest BCUT2D eigenvalue weighted by Crippen LogP contribution is 2.47. The second-order valence-corrected chi connectivity index (χ2v) is 8.25. The molecule has 0 spiro atoms. The molecule has 0 saturated heterocycles. The third-order valence-corrected chi connectivity index (χ3v) is 6.03. The number of hydrogen-bond donors (Lipinski definition) is 1. The number of amides is 1. The fraction of sp³-hybridized carbons (Fsp3) is 0.333. The SMILES string of the molecule is Cc1ccc2nc(CSCC(=O)NCC3(c4ccc(F)cc4)CC3)cn2c1. The van der Waals surface area contributed by atoms with Gasteiger partial charge in [0.2, 0.25) is 5.91 Å². The molecule has 1 amide bonds. The highest BCUT2D eigenvalue weighted by atomic mass is 32.2. The van der Waals surface area contributed by atoms with Gasteiger partial charge in [0.15, 0.2) is 0 Å². The van der Waals surface area contributed by atoms with Gasteiger partial charge >= 0.3 is 0 Å². The van der Waals surface area contributed by atoms with Gasteiger partial charge in [-0.2, -0.15) is 0 Å². The summed E-state index contributed by atoms with van der Waals surface area (Å²) in [4.78, 5) is 16.8. The maximum atomic E-state index is 13.1. The van der Waals surface area contributed by atoms with Crippen LogP contribution in [-0.4, -0.2) is 27.6 Å². The predicted molar refractivity (Wildman–Crippen MR) is 106 cm³/mol. The molecular formula is C21H22FN3OS. The first-order valence-electron chi connectivity index (χ1n) is 9.09. The molecule has 1 aliphatic carbocycles. The molecule has 1 aliphatic rings. The van der Waals surface area contributed by atoms with Crippen molar-refractivity contribution in [3.8, 4) is 0 Å². The molecule has 2 aromatic heterocycles. The molecule has 140 valence electrons. The number of carbonyl (C=O) groups is 1. The highest BCUT2D eigenvalue weighted by Gasteiger charge is 2.44. The number of imidazole rings is 1. The average molecular weight is 383 g/mol. The Bertz CT molecular complexity index is 963. The third-order valence-electron chi connectivity index (χ3n) is 5.07. The molecule has 0 atom stereocenters. The lowest BCUT2D eigenvalue weighted by Crippen LogP contribution is -2.33. The van der Waals surface area contributed by atoms with Crippen molar-refractivity contribution in [1.29, 1.82) is 0 Å². The van der Waals surface area contributed by atoms with Crippen molar-refractivity contribution in [3.63, 3.8) is 0 Å². The molecule has 0 bridgehead atoms. The number of aryl methyl sites for hydroxylation is 1. The van der Waals surface area contributed by atoms with Crippen LogP contribution in [0.5, 0.6) is 0 Å². The molecule has 27 heavy (non-hydrogen) atoms. The van der Waals surface area contributed by atoms with Crippen LogP contribution in [0.25, 0.3) is 5.65 Å². The van der Waals surface area contributed by atoms with Crippen molar-refractivity contribution in [3.05, 3.63) is 71.4 Å². The zero-order valence-corrected chi connectivity index (χ0v) is 16.1. The number of nitrogens with one attached hydrogen (secondary N) is 1. The van der Waals surface area contributed by atoms with Gasteiger partial charge in [0.05, 0.1) is 11.4 Å². The molecule has 2 heterocycles. The van der Waals surface area contributed by atoms with E-state index in [0.29, 0.717) is 18.1 Å². The van der Waals surface area contributed by atoms with Crippen LogP contribution in [0.2, 0.25) is 0 Å². The van der Waals surface area contributed by atoms with Crippen LogP contribution in [0.3, 0.4) is 0 Å². The molecule has 1 aromatic carbocycles. The molecule has 1 fully saturated rings. The summed E-state index contributed by atoms with van der Waals surface area (Å²) >= 11 is 1.57. The third kappa shape index (κ3) is 4.16. The van der Waals surface area contributed by atoms with E-state index in [1.807, 2.05) is 41.1 Å². The van der Waals surface area contributed by atoms with Crippen molar-refractivity contribution in [2.45, 2.75) is 30.9 Å². The molecule has 0 radical (unpaired) electrons. The van der Waals surface area contributed by atoms with Crippen LogP contribution in [0, 0.1) is 12.7 Å². The molecule has 0 aliphatic heterocycles. The summed E-state index contributed by atoms with van der Waals surface area (Å²) in [6.07, 6.45) is 6.13. The van der Waals surface area contributed by atoms with Gasteiger partial charge in [-0.05, 0) is 49.1 Å². The quantitative estimate of drug-likeness (QED) is 0.674. The van der Waals surface area contributed by atoms with E-state index in [9.17, 15) is 9.18 Å². The second kappa shape index (κ2) is 7.35. The lowest BCUT2D eigenvalue weighted by Gasteiger charge is -2.16. The number of thioether (sulfide) groups is 1. The molecule has 1 N–H and O–H groups in total. The lowest BCUT2D eigenvalue weighted by molar-refractivity contribution is -0.118. The summed E-state index contributed by atoms with van der Waals surface area (Å²) in [5, 5.41) is 3.04. The Hall–Kier alpha value is -2.34. The largest absolute Gasteiger partial charge is 0.354 e. The number of aromatic nitrogens is 2. The van der Waals surface area contributed by atoms with E-state index in [0.717, 1.165) is 29.7 Å². The van der Waals surface area contributed by atoms with Gasteiger partial charge in [-0.3, -0.25) is 4.79 Å². The lowest BCUT2D eigenvalue weighted by atomic mass is 9.96. The number of benzene rings is 1. The van der Waals surface area contributed by atoms with E-state index in [4.69, 9.17) is 0 Å². The van der Waals surface area contributed by atoms with Crippen molar-refractivity contribution in [1.82, 2.24) is 14.7 Å². The van der Waals surface area contributed by atoms with Gasteiger partial charge in [0.1, 0.15) is 11.5 Å². The molecule has 4 nitrogen and oxygen atoms in total. The number of nitrogens with zero attached hydrogens (tertiary/aromatic N) is 2. The molecule has 4 rings (SSSR count). The smallest absolute Gasteiger partial charge is 0.230 e. The Labute approximate surface area is 162 Å². The number of pyridine rings is 1. The number of halogens is 1. The van der Waals surface area contributed by atoms with Crippen LogP contribution in [0.4, 0.5) is 4.39 Å². The first-order valence-corrected chi connectivity index (χ1v) is 10.2. The average Bonchev–Trinajstić information content (AvgIpc) is 3.34. The van der Waals surface area contributed by atoms with E-state index in [2.05, 4.69) is 17.2 Å². The second-order valence-electron chi connectivity index (χ2n) is 7.26. The maximum Gasteiger partial charge on any atom is 0.230 e. The van der Waals surface area contributed by atoms with E-state index in [1.54, 1.807) is 11.8 Å². The number of rotatable bonds is 7. The molecule has 6 heteroatoms. The summed E-state index contributed by atoms with van der Waals surface area (Å²) in [6, 6.07) is 10.7. The summed E-state index contributed by atoms with van der Waals surface area (Å²) in [5.74, 6) is 0.925. The zero-order chi connectivity index (χ0) is 18.9. The number of fused-ring (bicyclic) bond motifs is 1. The molecule has 3 aromatic rings. The normalized spacial score (nSPS) is 15.0. The monoisotopic (exact) mass is 383 g/mol. The van der Waals surface area contributed by atoms with Gasteiger partial charge in [0.25, 0.3) is 0 Å². The van der Waals surface area contributed by atoms with E-state index >= 15 is 0 Å². The first-order chi connectivity index (χ1) is 13.0. The van der Waals surface area contributed by atoms with Gasteiger partial charge < -0.3 is 9.72 Å². The van der Waals surface area contributed by atoms with Crippen LogP contribution in [0.15, 0.2) is 48.8 Å². The Morgan fingerprint density at radius 3 is 2.74 bits per heavy atom. The number of carbonyl (C=O) groups excluding carboxylic acids is 1. The number of hydrogen-bond acceptors (Lipinski definition) is 3. The minimum atomic E-state index is -0.225. The van der Waals surface area contributed by atoms with Crippen molar-refractivity contribution >= 4 is 23.3 Å². The summed E-state index contributed by atoms with van der Waals surface area (Å²) in [7, 11) is 0. The van der Waals surface area contributed by atoms with Crippen LogP contribution < -0.4 is 5.32 Å². The summed E-state index contributed by atoms with van der Waals surface area (Å²) < 4.78 is 15.1. The van der Waals surface area contributed by atoms with Crippen molar-refractivity contribution in [2.75, 3.05) is 12.3 Å². The summed E-state index contributed by atoms with van der Waals surface area (Å²) in [5.41, 5.74) is 4.19. The van der Waals surface area contributed by atoms with Crippen LogP contribution in [0.1, 0.15) is 29.7 Å².